The molecule has 0 aliphatic heterocycles. The highest BCUT2D eigenvalue weighted by Crippen LogP contribution is 2.47. The van der Waals surface area contributed by atoms with Gasteiger partial charge < -0.3 is 14.7 Å². The van der Waals surface area contributed by atoms with E-state index in [2.05, 4.69) is 61.3 Å². The van der Waals surface area contributed by atoms with Gasteiger partial charge in [0.2, 0.25) is 0 Å². The number of aryl methyl sites for hydroxylation is 1. The van der Waals surface area contributed by atoms with Crippen molar-refractivity contribution < 1.29 is 9.84 Å². The Bertz CT molecular complexity index is 1060. The minimum atomic E-state index is -1.05. The van der Waals surface area contributed by atoms with E-state index in [-0.39, 0.29) is 5.92 Å². The molecule has 1 aliphatic carbocycles. The standard InChI is InChI=1S/C29H33NO2/c1-22-15-17-27(18-16-22)30(2)21-26-13-7-11-24(19-23-9-5-4-6-10-23)29(26,31)25-12-8-14-28(20-25)32-3/h4-6,8-10,12,14-20,26,31H,7,11,13,21H2,1-3H3/b24-19+. The Morgan fingerprint density at radius 1 is 1.03 bits per heavy atom. The molecule has 0 amide bonds. The third-order valence-corrected chi connectivity index (χ3v) is 6.70. The Kier molecular flexibility index (Phi) is 6.66. The van der Waals surface area contributed by atoms with Crippen LogP contribution in [0.15, 0.2) is 84.4 Å². The van der Waals surface area contributed by atoms with E-state index in [4.69, 9.17) is 4.74 Å². The molecule has 1 N–H and O–H groups in total. The van der Waals surface area contributed by atoms with Crippen LogP contribution in [-0.4, -0.2) is 25.8 Å². The first-order chi connectivity index (χ1) is 15.5. The third kappa shape index (κ3) is 4.58. The highest BCUT2D eigenvalue weighted by Gasteiger charge is 2.44. The van der Waals surface area contributed by atoms with E-state index in [1.165, 1.54) is 11.3 Å². The molecule has 3 heteroatoms. The van der Waals surface area contributed by atoms with Crippen molar-refractivity contribution in [2.24, 2.45) is 5.92 Å². The van der Waals surface area contributed by atoms with E-state index in [9.17, 15) is 5.11 Å². The maximum atomic E-state index is 12.4. The van der Waals surface area contributed by atoms with Gasteiger partial charge in [0.1, 0.15) is 11.4 Å². The van der Waals surface area contributed by atoms with Gasteiger partial charge in [-0.15, -0.1) is 0 Å². The van der Waals surface area contributed by atoms with Crippen molar-refractivity contribution in [3.05, 3.63) is 101 Å². The zero-order valence-corrected chi connectivity index (χ0v) is 19.3. The maximum absolute atomic E-state index is 12.4. The monoisotopic (exact) mass is 427 g/mol. The Balaban J connectivity index is 1.75. The zero-order valence-electron chi connectivity index (χ0n) is 19.3. The lowest BCUT2D eigenvalue weighted by atomic mass is 9.67. The maximum Gasteiger partial charge on any atom is 0.119 e. The van der Waals surface area contributed by atoms with Crippen molar-refractivity contribution in [2.75, 3.05) is 25.6 Å². The summed E-state index contributed by atoms with van der Waals surface area (Å²) in [5.74, 6) is 0.829. The van der Waals surface area contributed by atoms with Gasteiger partial charge in [0, 0.05) is 25.2 Å². The van der Waals surface area contributed by atoms with Crippen LogP contribution < -0.4 is 9.64 Å². The summed E-state index contributed by atoms with van der Waals surface area (Å²) in [4.78, 5) is 2.26. The first kappa shape index (κ1) is 22.2. The van der Waals surface area contributed by atoms with Crippen LogP contribution in [-0.2, 0) is 5.60 Å². The van der Waals surface area contributed by atoms with Crippen LogP contribution in [0.1, 0.15) is 36.0 Å². The highest BCUT2D eigenvalue weighted by molar-refractivity contribution is 5.58. The summed E-state index contributed by atoms with van der Waals surface area (Å²) < 4.78 is 5.50. The summed E-state index contributed by atoms with van der Waals surface area (Å²) in [7, 11) is 3.79. The summed E-state index contributed by atoms with van der Waals surface area (Å²) in [5, 5.41) is 12.4. The van der Waals surface area contributed by atoms with Gasteiger partial charge >= 0.3 is 0 Å². The number of rotatable bonds is 6. The molecule has 32 heavy (non-hydrogen) atoms. The summed E-state index contributed by atoms with van der Waals surface area (Å²) in [6.45, 7) is 2.87. The van der Waals surface area contributed by atoms with Crippen LogP contribution in [0.3, 0.4) is 0 Å². The molecule has 0 radical (unpaired) electrons. The highest BCUT2D eigenvalue weighted by atomic mass is 16.5. The van der Waals surface area contributed by atoms with Crippen LogP contribution in [0, 0.1) is 12.8 Å². The molecular formula is C29H33NO2. The van der Waals surface area contributed by atoms with E-state index in [0.717, 1.165) is 48.3 Å². The molecule has 4 rings (SSSR count). The summed E-state index contributed by atoms with van der Waals surface area (Å²) in [5.41, 5.74) is 4.47. The van der Waals surface area contributed by atoms with E-state index in [1.807, 2.05) is 42.5 Å². The number of methoxy groups -OCH3 is 1. The molecule has 3 aromatic rings. The fraction of sp³-hybridized carbons (Fsp3) is 0.310. The molecule has 2 atom stereocenters. The van der Waals surface area contributed by atoms with E-state index < -0.39 is 5.60 Å². The number of aliphatic hydroxyl groups is 1. The lowest BCUT2D eigenvalue weighted by Gasteiger charge is -2.44. The summed E-state index contributed by atoms with van der Waals surface area (Å²) in [6, 6.07) is 26.8. The summed E-state index contributed by atoms with van der Waals surface area (Å²) in [6.07, 6.45) is 5.10. The molecule has 0 saturated heterocycles. The quantitative estimate of drug-likeness (QED) is 0.507. The number of anilines is 1. The van der Waals surface area contributed by atoms with Crippen molar-refractivity contribution in [2.45, 2.75) is 31.8 Å². The van der Waals surface area contributed by atoms with Crippen molar-refractivity contribution in [1.82, 2.24) is 0 Å². The zero-order chi connectivity index (χ0) is 22.6. The van der Waals surface area contributed by atoms with Crippen LogP contribution in [0.25, 0.3) is 6.08 Å². The second kappa shape index (κ2) is 9.62. The molecule has 1 fully saturated rings. The average molecular weight is 428 g/mol. The molecule has 3 nitrogen and oxygen atoms in total. The number of benzene rings is 3. The van der Waals surface area contributed by atoms with Crippen molar-refractivity contribution >= 4 is 11.8 Å². The molecule has 0 spiro atoms. The third-order valence-electron chi connectivity index (χ3n) is 6.70. The van der Waals surface area contributed by atoms with Gasteiger partial charge in [-0.05, 0) is 67.2 Å². The first-order valence-electron chi connectivity index (χ1n) is 11.4. The van der Waals surface area contributed by atoms with Gasteiger partial charge in [-0.25, -0.2) is 0 Å². The minimum absolute atomic E-state index is 0.0598. The van der Waals surface area contributed by atoms with Crippen LogP contribution >= 0.6 is 0 Å². The fourth-order valence-corrected chi connectivity index (χ4v) is 4.87. The Morgan fingerprint density at radius 2 is 1.78 bits per heavy atom. The summed E-state index contributed by atoms with van der Waals surface area (Å²) >= 11 is 0. The van der Waals surface area contributed by atoms with Crippen molar-refractivity contribution in [3.63, 3.8) is 0 Å². The van der Waals surface area contributed by atoms with Crippen LogP contribution in [0.4, 0.5) is 5.69 Å². The Hall–Kier alpha value is -3.04. The van der Waals surface area contributed by atoms with Gasteiger partial charge in [0.25, 0.3) is 0 Å². The molecular weight excluding hydrogens is 394 g/mol. The predicted molar refractivity (Wildman–Crippen MR) is 133 cm³/mol. The van der Waals surface area contributed by atoms with Crippen molar-refractivity contribution in [1.29, 1.82) is 0 Å². The van der Waals surface area contributed by atoms with E-state index >= 15 is 0 Å². The fourth-order valence-electron chi connectivity index (χ4n) is 4.87. The van der Waals surface area contributed by atoms with Gasteiger partial charge in [0.05, 0.1) is 7.11 Å². The largest absolute Gasteiger partial charge is 0.497 e. The lowest BCUT2D eigenvalue weighted by molar-refractivity contribution is -0.00408. The Morgan fingerprint density at radius 3 is 2.50 bits per heavy atom. The van der Waals surface area contributed by atoms with E-state index in [0.29, 0.717) is 0 Å². The second-order valence-electron chi connectivity index (χ2n) is 8.88. The molecule has 0 aromatic heterocycles. The predicted octanol–water partition coefficient (Wildman–Crippen LogP) is 6.21. The first-order valence-corrected chi connectivity index (χ1v) is 11.4. The molecule has 166 valence electrons. The van der Waals surface area contributed by atoms with Gasteiger partial charge in [0.15, 0.2) is 0 Å². The molecule has 1 aliphatic rings. The second-order valence-corrected chi connectivity index (χ2v) is 8.88. The smallest absolute Gasteiger partial charge is 0.119 e. The molecule has 1 saturated carbocycles. The number of hydrogen-bond acceptors (Lipinski definition) is 3. The normalized spacial score (nSPS) is 22.0. The number of hydrogen-bond donors (Lipinski definition) is 1. The number of nitrogens with zero attached hydrogens (tertiary/aromatic N) is 1. The van der Waals surface area contributed by atoms with E-state index in [1.54, 1.807) is 7.11 Å². The Labute approximate surface area is 192 Å². The molecule has 0 heterocycles. The van der Waals surface area contributed by atoms with Gasteiger partial charge in [-0.3, -0.25) is 0 Å². The van der Waals surface area contributed by atoms with Crippen LogP contribution in [0.2, 0.25) is 0 Å². The van der Waals surface area contributed by atoms with Gasteiger partial charge in [-0.2, -0.15) is 0 Å². The van der Waals surface area contributed by atoms with Gasteiger partial charge in [-0.1, -0.05) is 66.2 Å². The van der Waals surface area contributed by atoms with Crippen LogP contribution in [0.5, 0.6) is 5.75 Å². The molecule has 0 bridgehead atoms. The van der Waals surface area contributed by atoms with Crippen molar-refractivity contribution in [3.8, 4) is 5.75 Å². The topological polar surface area (TPSA) is 32.7 Å². The number of ether oxygens (including phenoxy) is 1. The SMILES string of the molecule is COc1cccc(C2(O)/C(=C/c3ccccc3)CCCC2CN(C)c2ccc(C)cc2)c1. The molecule has 2 unspecified atom stereocenters. The molecule has 3 aromatic carbocycles. The average Bonchev–Trinajstić information content (AvgIpc) is 2.82. The lowest BCUT2D eigenvalue weighted by Crippen LogP contribution is -2.45. The minimum Gasteiger partial charge on any atom is -0.497 e.